The van der Waals surface area contributed by atoms with Crippen molar-refractivity contribution in [1.82, 2.24) is 10.6 Å². The third-order valence-corrected chi connectivity index (χ3v) is 5.60. The van der Waals surface area contributed by atoms with Crippen molar-refractivity contribution in [2.45, 2.75) is 31.7 Å². The molecule has 1 aliphatic carbocycles. The van der Waals surface area contributed by atoms with E-state index in [2.05, 4.69) is 10.6 Å². The fourth-order valence-corrected chi connectivity index (χ4v) is 4.25. The van der Waals surface area contributed by atoms with Gasteiger partial charge < -0.3 is 10.1 Å². The number of ether oxygens (including phenoxy) is 1. The molecule has 2 aromatic rings. The molecule has 25 heavy (non-hydrogen) atoms. The topological polar surface area (TPSA) is 84.5 Å². The highest BCUT2D eigenvalue weighted by atomic mass is 32.1. The number of fused-ring (bicyclic) bond motifs is 1. The van der Waals surface area contributed by atoms with E-state index in [1.54, 1.807) is 24.3 Å². The number of carbonyl (C=O) groups excluding carboxylic acids is 3. The molecule has 128 valence electrons. The molecule has 0 saturated carbocycles. The summed E-state index contributed by atoms with van der Waals surface area (Å²) in [7, 11) is 0. The Balaban J connectivity index is 1.39. The Hall–Kier alpha value is -2.67. The van der Waals surface area contributed by atoms with Crippen molar-refractivity contribution in [3.05, 3.63) is 51.2 Å². The maximum atomic E-state index is 12.3. The highest BCUT2D eigenvalue weighted by Crippen LogP contribution is 2.31. The Morgan fingerprint density at radius 1 is 1.20 bits per heavy atom. The minimum Gasteiger partial charge on any atom is -0.422 e. The van der Waals surface area contributed by atoms with Crippen molar-refractivity contribution in [2.75, 3.05) is 0 Å². The van der Waals surface area contributed by atoms with Crippen LogP contribution in [-0.2, 0) is 24.1 Å². The van der Waals surface area contributed by atoms with Gasteiger partial charge in [-0.05, 0) is 48.6 Å². The summed E-state index contributed by atoms with van der Waals surface area (Å²) in [5.74, 6) is -0.206. The van der Waals surface area contributed by atoms with E-state index in [0.717, 1.165) is 24.8 Å². The first-order valence-electron chi connectivity index (χ1n) is 8.12. The molecular weight excluding hydrogens is 340 g/mol. The van der Waals surface area contributed by atoms with E-state index < -0.39 is 12.1 Å². The van der Waals surface area contributed by atoms with E-state index >= 15 is 0 Å². The molecule has 2 heterocycles. The molecule has 2 N–H and O–H groups in total. The second kappa shape index (κ2) is 6.33. The summed E-state index contributed by atoms with van der Waals surface area (Å²) in [5, 5.41) is 4.76. The van der Waals surface area contributed by atoms with Crippen molar-refractivity contribution in [3.8, 4) is 5.75 Å². The van der Waals surface area contributed by atoms with E-state index in [1.165, 1.54) is 21.8 Å². The van der Waals surface area contributed by atoms with E-state index in [1.807, 2.05) is 6.07 Å². The fraction of sp³-hybridized carbons (Fsp3) is 0.278. The Morgan fingerprint density at radius 3 is 2.68 bits per heavy atom. The minimum atomic E-state index is -0.561. The van der Waals surface area contributed by atoms with E-state index in [9.17, 15) is 14.4 Å². The highest BCUT2D eigenvalue weighted by Gasteiger charge is 2.29. The van der Waals surface area contributed by atoms with Crippen LogP contribution in [0, 0.1) is 0 Å². The van der Waals surface area contributed by atoms with E-state index in [0.29, 0.717) is 17.0 Å². The number of imide groups is 1. The molecule has 1 aromatic carbocycles. The van der Waals surface area contributed by atoms with Crippen molar-refractivity contribution in [3.63, 3.8) is 0 Å². The van der Waals surface area contributed by atoms with Gasteiger partial charge in [0.1, 0.15) is 16.7 Å². The third kappa shape index (κ3) is 3.28. The van der Waals surface area contributed by atoms with Crippen LogP contribution in [0.4, 0.5) is 4.79 Å². The number of amides is 3. The molecular formula is C18H16N2O4S. The van der Waals surface area contributed by atoms with Crippen LogP contribution < -0.4 is 15.4 Å². The molecule has 0 unspecified atom stereocenters. The van der Waals surface area contributed by atoms with E-state index in [4.69, 9.17) is 4.74 Å². The summed E-state index contributed by atoms with van der Waals surface area (Å²) in [6.07, 6.45) is 3.65. The maximum Gasteiger partial charge on any atom is 0.353 e. The van der Waals surface area contributed by atoms with Crippen LogP contribution in [0.15, 0.2) is 30.3 Å². The molecule has 1 aliphatic heterocycles. The molecule has 1 fully saturated rings. The molecule has 1 aromatic heterocycles. The first kappa shape index (κ1) is 15.8. The number of urea groups is 1. The molecule has 0 bridgehead atoms. The number of hydrogen-bond acceptors (Lipinski definition) is 5. The van der Waals surface area contributed by atoms with Gasteiger partial charge in [-0.3, -0.25) is 10.1 Å². The summed E-state index contributed by atoms with van der Waals surface area (Å²) in [5.41, 5.74) is 2.14. The summed E-state index contributed by atoms with van der Waals surface area (Å²) in [6, 6.07) is 7.87. The molecule has 0 radical (unpaired) electrons. The first-order chi connectivity index (χ1) is 12.1. The number of benzene rings is 1. The average molecular weight is 356 g/mol. The van der Waals surface area contributed by atoms with Gasteiger partial charge in [0, 0.05) is 11.3 Å². The lowest BCUT2D eigenvalue weighted by Gasteiger charge is -2.08. The highest BCUT2D eigenvalue weighted by molar-refractivity contribution is 7.14. The van der Waals surface area contributed by atoms with Crippen LogP contribution in [-0.4, -0.2) is 23.9 Å². The molecule has 6 nitrogen and oxygen atoms in total. The number of hydrogen-bond donors (Lipinski definition) is 2. The Kier molecular flexibility index (Phi) is 4.01. The second-order valence-electron chi connectivity index (χ2n) is 6.17. The van der Waals surface area contributed by atoms with E-state index in [-0.39, 0.29) is 11.9 Å². The van der Waals surface area contributed by atoms with Crippen molar-refractivity contribution in [1.29, 1.82) is 0 Å². The van der Waals surface area contributed by atoms with Crippen LogP contribution >= 0.6 is 11.3 Å². The summed E-state index contributed by atoms with van der Waals surface area (Å²) in [6.45, 7) is 0. The largest absolute Gasteiger partial charge is 0.422 e. The van der Waals surface area contributed by atoms with Gasteiger partial charge in [-0.1, -0.05) is 12.1 Å². The zero-order chi connectivity index (χ0) is 17.4. The second-order valence-corrected chi connectivity index (χ2v) is 7.30. The molecule has 2 aliphatic rings. The van der Waals surface area contributed by atoms with Crippen LogP contribution in [0.2, 0.25) is 0 Å². The van der Waals surface area contributed by atoms with Gasteiger partial charge in [0.25, 0.3) is 5.91 Å². The minimum absolute atomic E-state index is 0.328. The zero-order valence-corrected chi connectivity index (χ0v) is 14.2. The van der Waals surface area contributed by atoms with Crippen LogP contribution in [0.1, 0.15) is 32.1 Å². The molecule has 0 spiro atoms. The van der Waals surface area contributed by atoms with Gasteiger partial charge in [-0.2, -0.15) is 0 Å². The maximum absolute atomic E-state index is 12.3. The van der Waals surface area contributed by atoms with Crippen LogP contribution in [0.3, 0.4) is 0 Å². The van der Waals surface area contributed by atoms with Gasteiger partial charge in [-0.25, -0.2) is 9.59 Å². The summed E-state index contributed by atoms with van der Waals surface area (Å²) >= 11 is 1.52. The Labute approximate surface area is 148 Å². The lowest BCUT2D eigenvalue weighted by molar-refractivity contribution is -0.120. The van der Waals surface area contributed by atoms with Crippen molar-refractivity contribution < 1.29 is 19.1 Å². The smallest absolute Gasteiger partial charge is 0.353 e. The number of esters is 1. The number of aryl methyl sites for hydroxylation is 2. The molecule has 7 heteroatoms. The van der Waals surface area contributed by atoms with Gasteiger partial charge in [-0.15, -0.1) is 11.3 Å². The number of carbonyl (C=O) groups is 3. The summed E-state index contributed by atoms with van der Waals surface area (Å²) in [4.78, 5) is 36.9. The normalized spacial score (nSPS) is 18.6. The Morgan fingerprint density at radius 2 is 2.00 bits per heavy atom. The van der Waals surface area contributed by atoms with Gasteiger partial charge >= 0.3 is 12.0 Å². The standard InChI is InChI=1S/C18H16N2O4S/c21-16-13(19-18(23)20-16)8-10-4-6-12(7-5-10)24-17(22)15-9-11-2-1-3-14(11)25-15/h4-7,9,13H,1-3,8H2,(H2,19,20,21,23)/t13-/m1/s1. The zero-order valence-electron chi connectivity index (χ0n) is 13.3. The Bertz CT molecular complexity index is 835. The van der Waals surface area contributed by atoms with Crippen molar-refractivity contribution in [2.24, 2.45) is 0 Å². The average Bonchev–Trinajstić information content (AvgIpc) is 3.24. The van der Waals surface area contributed by atoms with Gasteiger partial charge in [0.2, 0.25) is 0 Å². The van der Waals surface area contributed by atoms with Crippen LogP contribution in [0.25, 0.3) is 0 Å². The van der Waals surface area contributed by atoms with Crippen molar-refractivity contribution >= 4 is 29.2 Å². The number of nitrogens with one attached hydrogen (secondary N) is 2. The lowest BCUT2D eigenvalue weighted by Crippen LogP contribution is -2.31. The quantitative estimate of drug-likeness (QED) is 0.500. The fourth-order valence-electron chi connectivity index (χ4n) is 3.12. The van der Waals surface area contributed by atoms with Crippen LogP contribution in [0.5, 0.6) is 5.75 Å². The number of rotatable bonds is 4. The molecule has 1 atom stereocenters. The predicted octanol–water partition coefficient (Wildman–Crippen LogP) is 2.21. The first-order valence-corrected chi connectivity index (χ1v) is 8.94. The predicted molar refractivity (Wildman–Crippen MR) is 91.9 cm³/mol. The van der Waals surface area contributed by atoms with Gasteiger partial charge in [0.05, 0.1) is 0 Å². The SMILES string of the molecule is O=C1NC(=O)[C@@H](Cc2ccc(OC(=O)c3cc4c(s3)CCC4)cc2)N1. The summed E-state index contributed by atoms with van der Waals surface area (Å²) < 4.78 is 5.42. The lowest BCUT2D eigenvalue weighted by atomic mass is 10.1. The third-order valence-electron chi connectivity index (χ3n) is 4.38. The molecule has 3 amide bonds. The monoisotopic (exact) mass is 356 g/mol. The molecule has 4 rings (SSSR count). The molecule has 1 saturated heterocycles. The van der Waals surface area contributed by atoms with Gasteiger partial charge in [0.15, 0.2) is 0 Å². The number of thiophene rings is 1.